The molecule has 1 aliphatic heterocycles. The van der Waals surface area contributed by atoms with E-state index in [4.69, 9.17) is 5.73 Å². The van der Waals surface area contributed by atoms with E-state index in [1.165, 1.54) is 4.52 Å². The SMILES string of the molecule is CC(C)NC(=O)c1c(N)nn2ccc(-c3cc4c(c(NS(C)(=O)=O)c3)C(=O)N(C(C)C3CC3)C4)nc12. The first-order valence-electron chi connectivity index (χ1n) is 11.8. The number of carbonyl (C=O) groups is 2. The molecule has 3 aromatic rings. The topological polar surface area (TPSA) is 152 Å². The zero-order valence-corrected chi connectivity index (χ0v) is 21.4. The van der Waals surface area contributed by atoms with Gasteiger partial charge in [0.15, 0.2) is 11.5 Å². The molecule has 1 aromatic carbocycles. The maximum atomic E-state index is 13.3. The van der Waals surface area contributed by atoms with Gasteiger partial charge in [0.2, 0.25) is 10.0 Å². The molecule has 2 amide bonds. The monoisotopic (exact) mass is 511 g/mol. The van der Waals surface area contributed by atoms with E-state index >= 15 is 0 Å². The van der Waals surface area contributed by atoms with Crippen molar-refractivity contribution in [2.45, 2.75) is 52.2 Å². The number of carbonyl (C=O) groups excluding carboxylic acids is 2. The Labute approximate surface area is 209 Å². The van der Waals surface area contributed by atoms with Crippen LogP contribution in [0.25, 0.3) is 16.9 Å². The van der Waals surface area contributed by atoms with Gasteiger partial charge < -0.3 is 16.0 Å². The van der Waals surface area contributed by atoms with Crippen LogP contribution in [0, 0.1) is 5.92 Å². The number of hydrogen-bond donors (Lipinski definition) is 3. The van der Waals surface area contributed by atoms with Crippen LogP contribution in [0.4, 0.5) is 11.5 Å². The van der Waals surface area contributed by atoms with E-state index < -0.39 is 10.0 Å². The number of hydrogen-bond acceptors (Lipinski definition) is 7. The second-order valence-corrected chi connectivity index (χ2v) is 11.7. The molecule has 11 nitrogen and oxygen atoms in total. The zero-order chi connectivity index (χ0) is 25.9. The molecule has 1 saturated carbocycles. The summed E-state index contributed by atoms with van der Waals surface area (Å²) in [6, 6.07) is 5.14. The molecule has 1 unspecified atom stereocenters. The standard InChI is InChI=1S/C24H29N7O4S/c1-12(2)26-23(32)20-21(25)28-31-8-7-17(27-22(20)31)15-9-16-11-30(13(3)14-5-6-14)24(33)19(16)18(10-15)29-36(4,34)35/h7-10,12-14,29H,5-6,11H2,1-4H3,(H2,25,28)(H,26,32). The number of nitrogens with one attached hydrogen (secondary N) is 2. The lowest BCUT2D eigenvalue weighted by Gasteiger charge is -2.24. The minimum absolute atomic E-state index is 0.0569. The van der Waals surface area contributed by atoms with Crippen LogP contribution in [0.5, 0.6) is 0 Å². The van der Waals surface area contributed by atoms with Gasteiger partial charge in [-0.25, -0.2) is 17.9 Å². The Balaban J connectivity index is 1.61. The zero-order valence-electron chi connectivity index (χ0n) is 20.6. The van der Waals surface area contributed by atoms with Crippen LogP contribution in [0.15, 0.2) is 24.4 Å². The molecule has 1 fully saturated rings. The van der Waals surface area contributed by atoms with Crippen LogP contribution in [-0.4, -0.2) is 58.1 Å². The Morgan fingerprint density at radius 1 is 1.22 bits per heavy atom. The van der Waals surface area contributed by atoms with Crippen molar-refractivity contribution in [3.8, 4) is 11.3 Å². The molecule has 5 rings (SSSR count). The van der Waals surface area contributed by atoms with Gasteiger partial charge in [-0.1, -0.05) is 0 Å². The largest absolute Gasteiger partial charge is 0.381 e. The fourth-order valence-corrected chi connectivity index (χ4v) is 5.29. The minimum Gasteiger partial charge on any atom is -0.381 e. The van der Waals surface area contributed by atoms with E-state index in [0.717, 1.165) is 24.7 Å². The van der Waals surface area contributed by atoms with E-state index in [1.54, 1.807) is 18.3 Å². The van der Waals surface area contributed by atoms with Crippen LogP contribution < -0.4 is 15.8 Å². The maximum absolute atomic E-state index is 13.3. The quantitative estimate of drug-likeness (QED) is 0.440. The molecule has 2 aliphatic rings. The molecular formula is C24H29N7O4S. The molecule has 0 radical (unpaired) electrons. The molecule has 0 spiro atoms. The van der Waals surface area contributed by atoms with E-state index in [2.05, 4.69) is 20.1 Å². The summed E-state index contributed by atoms with van der Waals surface area (Å²) in [6.45, 7) is 6.11. The molecule has 190 valence electrons. The van der Waals surface area contributed by atoms with Crippen molar-refractivity contribution in [1.82, 2.24) is 24.8 Å². The summed E-state index contributed by atoms with van der Waals surface area (Å²) in [5, 5.41) is 7.00. The highest BCUT2D eigenvalue weighted by Crippen LogP contribution is 2.41. The number of aromatic nitrogens is 3. The van der Waals surface area contributed by atoms with Crippen molar-refractivity contribution in [2.24, 2.45) is 5.92 Å². The van der Waals surface area contributed by atoms with Crippen molar-refractivity contribution in [3.05, 3.63) is 41.1 Å². The number of rotatable bonds is 7. The van der Waals surface area contributed by atoms with Crippen molar-refractivity contribution >= 4 is 39.0 Å². The average Bonchev–Trinajstić information content (AvgIpc) is 3.49. The number of benzene rings is 1. The van der Waals surface area contributed by atoms with Gasteiger partial charge in [0.05, 0.1) is 23.2 Å². The summed E-state index contributed by atoms with van der Waals surface area (Å²) < 4.78 is 28.2. The Morgan fingerprint density at radius 3 is 2.58 bits per heavy atom. The summed E-state index contributed by atoms with van der Waals surface area (Å²) in [4.78, 5) is 32.5. The van der Waals surface area contributed by atoms with Gasteiger partial charge in [-0.2, -0.15) is 0 Å². The lowest BCUT2D eigenvalue weighted by Crippen LogP contribution is -2.34. The number of nitrogen functional groups attached to an aromatic ring is 1. The van der Waals surface area contributed by atoms with Gasteiger partial charge >= 0.3 is 0 Å². The molecular weight excluding hydrogens is 482 g/mol. The van der Waals surface area contributed by atoms with Gasteiger partial charge in [0, 0.05) is 30.4 Å². The summed E-state index contributed by atoms with van der Waals surface area (Å²) >= 11 is 0. The first-order valence-corrected chi connectivity index (χ1v) is 13.7. The molecule has 4 N–H and O–H groups in total. The second-order valence-electron chi connectivity index (χ2n) is 9.91. The summed E-state index contributed by atoms with van der Waals surface area (Å²) in [5.74, 6) is -0.0325. The summed E-state index contributed by atoms with van der Waals surface area (Å²) in [7, 11) is -3.65. The fourth-order valence-electron chi connectivity index (χ4n) is 4.73. The molecule has 12 heteroatoms. The molecule has 2 aromatic heterocycles. The number of nitrogens with two attached hydrogens (primary N) is 1. The van der Waals surface area contributed by atoms with E-state index in [9.17, 15) is 18.0 Å². The van der Waals surface area contributed by atoms with Crippen molar-refractivity contribution < 1.29 is 18.0 Å². The molecule has 3 heterocycles. The molecule has 1 aliphatic carbocycles. The Kier molecular flexibility index (Phi) is 5.66. The first-order chi connectivity index (χ1) is 16.9. The highest BCUT2D eigenvalue weighted by Gasteiger charge is 2.40. The Bertz CT molecular complexity index is 1510. The number of fused-ring (bicyclic) bond motifs is 2. The predicted molar refractivity (Wildman–Crippen MR) is 136 cm³/mol. The highest BCUT2D eigenvalue weighted by atomic mass is 32.2. The van der Waals surface area contributed by atoms with Gasteiger partial charge in [0.25, 0.3) is 11.8 Å². The van der Waals surface area contributed by atoms with Crippen LogP contribution in [0.2, 0.25) is 0 Å². The van der Waals surface area contributed by atoms with Gasteiger partial charge in [-0.3, -0.25) is 14.3 Å². The minimum atomic E-state index is -3.65. The van der Waals surface area contributed by atoms with Gasteiger partial charge in [-0.15, -0.1) is 5.10 Å². The molecule has 0 bridgehead atoms. The van der Waals surface area contributed by atoms with E-state index in [1.807, 2.05) is 31.7 Å². The first kappa shape index (κ1) is 24.0. The number of anilines is 2. The van der Waals surface area contributed by atoms with Crippen molar-refractivity contribution in [1.29, 1.82) is 0 Å². The molecule has 1 atom stereocenters. The van der Waals surface area contributed by atoms with Crippen LogP contribution >= 0.6 is 0 Å². The molecule has 36 heavy (non-hydrogen) atoms. The van der Waals surface area contributed by atoms with Crippen molar-refractivity contribution in [3.63, 3.8) is 0 Å². The average molecular weight is 512 g/mol. The Morgan fingerprint density at radius 2 is 1.94 bits per heavy atom. The van der Waals surface area contributed by atoms with E-state index in [0.29, 0.717) is 29.3 Å². The predicted octanol–water partition coefficient (Wildman–Crippen LogP) is 2.24. The van der Waals surface area contributed by atoms with Crippen LogP contribution in [0.1, 0.15) is 59.9 Å². The van der Waals surface area contributed by atoms with Gasteiger partial charge in [-0.05, 0) is 63.3 Å². The number of amides is 2. The third-order valence-corrected chi connectivity index (χ3v) is 7.17. The lowest BCUT2D eigenvalue weighted by molar-refractivity contribution is 0.0698. The Hall–Kier alpha value is -3.67. The fraction of sp³-hybridized carbons (Fsp3) is 0.417. The van der Waals surface area contributed by atoms with Gasteiger partial charge in [0.1, 0.15) is 5.56 Å². The van der Waals surface area contributed by atoms with Crippen molar-refractivity contribution in [2.75, 3.05) is 16.7 Å². The maximum Gasteiger partial charge on any atom is 0.259 e. The number of sulfonamides is 1. The third-order valence-electron chi connectivity index (χ3n) is 6.58. The third kappa shape index (κ3) is 4.36. The van der Waals surface area contributed by atoms with Crippen LogP contribution in [0.3, 0.4) is 0 Å². The number of nitrogens with zero attached hydrogens (tertiary/aromatic N) is 4. The van der Waals surface area contributed by atoms with E-state index in [-0.39, 0.29) is 46.6 Å². The normalized spacial score (nSPS) is 16.5. The second kappa shape index (κ2) is 8.47. The van der Waals surface area contributed by atoms with Crippen LogP contribution in [-0.2, 0) is 16.6 Å². The molecule has 0 saturated heterocycles. The lowest BCUT2D eigenvalue weighted by atomic mass is 10.0. The smallest absolute Gasteiger partial charge is 0.259 e. The highest BCUT2D eigenvalue weighted by molar-refractivity contribution is 7.92. The summed E-state index contributed by atoms with van der Waals surface area (Å²) in [6.07, 6.45) is 4.87. The summed E-state index contributed by atoms with van der Waals surface area (Å²) in [5.41, 5.74) is 8.86.